The topological polar surface area (TPSA) is 78.4 Å². The summed E-state index contributed by atoms with van der Waals surface area (Å²) in [6.45, 7) is 4.24. The predicted molar refractivity (Wildman–Crippen MR) is 84.3 cm³/mol. The number of nitrogens with one attached hydrogen (secondary N) is 2. The Morgan fingerprint density at radius 1 is 1.15 bits per heavy atom. The molecule has 5 nitrogen and oxygen atoms in total. The van der Waals surface area contributed by atoms with Crippen molar-refractivity contribution in [2.24, 2.45) is 5.41 Å². The number of hydrogen-bond acceptors (Lipinski definition) is 3. The number of carbonyl (C=O) groups is 2. The standard InChI is InChI=1S/C14H28N2O3S/c1-4-14(2,12(17)18)11-16-13(19)15-9-7-5-6-8-10-20-3/h4-11H2,1-3H3,(H,17,18)(H2,15,16,19). The summed E-state index contributed by atoms with van der Waals surface area (Å²) in [4.78, 5) is 22.6. The zero-order valence-corrected chi connectivity index (χ0v) is 13.6. The summed E-state index contributed by atoms with van der Waals surface area (Å²) in [6.07, 6.45) is 7.08. The molecule has 0 rings (SSSR count). The first-order valence-corrected chi connectivity index (χ1v) is 8.59. The average molecular weight is 304 g/mol. The van der Waals surface area contributed by atoms with Gasteiger partial charge in [0.1, 0.15) is 0 Å². The number of carbonyl (C=O) groups excluding carboxylic acids is 1. The number of carboxylic acid groups (broad SMARTS) is 1. The SMILES string of the molecule is CCC(C)(CNC(=O)NCCCCCCSC)C(=O)O. The molecule has 118 valence electrons. The van der Waals surface area contributed by atoms with Crippen LogP contribution in [0, 0.1) is 5.41 Å². The van der Waals surface area contributed by atoms with Gasteiger partial charge in [0.25, 0.3) is 0 Å². The van der Waals surface area contributed by atoms with E-state index in [1.54, 1.807) is 6.92 Å². The summed E-state index contributed by atoms with van der Waals surface area (Å²) in [6, 6.07) is -0.282. The maximum Gasteiger partial charge on any atom is 0.314 e. The summed E-state index contributed by atoms with van der Waals surface area (Å²) in [5.74, 6) is 0.313. The average Bonchev–Trinajstić information content (AvgIpc) is 2.43. The van der Waals surface area contributed by atoms with Crippen LogP contribution in [-0.4, -0.2) is 42.2 Å². The lowest BCUT2D eigenvalue weighted by Crippen LogP contribution is -2.44. The number of amides is 2. The number of urea groups is 1. The minimum atomic E-state index is -0.894. The Morgan fingerprint density at radius 3 is 2.35 bits per heavy atom. The Balaban J connectivity index is 3.66. The lowest BCUT2D eigenvalue weighted by molar-refractivity contribution is -0.147. The first kappa shape index (κ1) is 19.1. The van der Waals surface area contributed by atoms with Crippen LogP contribution in [0.5, 0.6) is 0 Å². The van der Waals surface area contributed by atoms with Crippen LogP contribution < -0.4 is 10.6 Å². The van der Waals surface area contributed by atoms with E-state index in [1.165, 1.54) is 18.6 Å². The molecule has 0 aliphatic heterocycles. The third-order valence-corrected chi connectivity index (χ3v) is 4.19. The van der Waals surface area contributed by atoms with E-state index in [1.807, 2.05) is 18.7 Å². The van der Waals surface area contributed by atoms with Gasteiger partial charge in [0, 0.05) is 13.1 Å². The molecule has 0 aliphatic rings. The molecule has 1 unspecified atom stereocenters. The molecule has 0 spiro atoms. The Morgan fingerprint density at radius 2 is 1.80 bits per heavy atom. The highest BCUT2D eigenvalue weighted by atomic mass is 32.2. The molecule has 0 saturated carbocycles. The van der Waals surface area contributed by atoms with Crippen LogP contribution in [0.3, 0.4) is 0 Å². The number of thioether (sulfide) groups is 1. The minimum absolute atomic E-state index is 0.151. The number of rotatable bonds is 11. The van der Waals surface area contributed by atoms with Crippen LogP contribution in [0.2, 0.25) is 0 Å². The second kappa shape index (κ2) is 10.8. The molecular weight excluding hydrogens is 276 g/mol. The van der Waals surface area contributed by atoms with Gasteiger partial charge in [0.15, 0.2) is 0 Å². The number of carboxylic acids is 1. The van der Waals surface area contributed by atoms with E-state index in [0.717, 1.165) is 12.8 Å². The maximum absolute atomic E-state index is 11.5. The molecule has 2 amide bonds. The molecule has 0 bridgehead atoms. The van der Waals surface area contributed by atoms with Crippen molar-refractivity contribution in [3.8, 4) is 0 Å². The molecular formula is C14H28N2O3S. The minimum Gasteiger partial charge on any atom is -0.481 e. The molecule has 0 radical (unpaired) electrons. The molecule has 3 N–H and O–H groups in total. The molecule has 20 heavy (non-hydrogen) atoms. The first-order valence-electron chi connectivity index (χ1n) is 7.20. The highest BCUT2D eigenvalue weighted by molar-refractivity contribution is 7.98. The summed E-state index contributed by atoms with van der Waals surface area (Å²) in [7, 11) is 0. The third-order valence-electron chi connectivity index (χ3n) is 3.50. The van der Waals surface area contributed by atoms with Gasteiger partial charge in [-0.05, 0) is 38.2 Å². The van der Waals surface area contributed by atoms with Crippen LogP contribution in [-0.2, 0) is 4.79 Å². The highest BCUT2D eigenvalue weighted by Crippen LogP contribution is 2.19. The van der Waals surface area contributed by atoms with Gasteiger partial charge in [0.05, 0.1) is 5.41 Å². The van der Waals surface area contributed by atoms with Crippen molar-refractivity contribution in [1.82, 2.24) is 10.6 Å². The van der Waals surface area contributed by atoms with Gasteiger partial charge in [0.2, 0.25) is 0 Å². The second-order valence-electron chi connectivity index (χ2n) is 5.24. The molecule has 1 atom stereocenters. The van der Waals surface area contributed by atoms with Crippen molar-refractivity contribution >= 4 is 23.8 Å². The van der Waals surface area contributed by atoms with Crippen LogP contribution >= 0.6 is 11.8 Å². The van der Waals surface area contributed by atoms with E-state index in [4.69, 9.17) is 5.11 Å². The number of aliphatic carboxylic acids is 1. The zero-order chi connectivity index (χ0) is 15.4. The van der Waals surface area contributed by atoms with Crippen LogP contribution in [0.25, 0.3) is 0 Å². The Labute approximate surface area is 126 Å². The molecule has 0 heterocycles. The normalized spacial score (nSPS) is 13.6. The summed E-state index contributed by atoms with van der Waals surface area (Å²) < 4.78 is 0. The Hall–Kier alpha value is -0.910. The summed E-state index contributed by atoms with van der Waals surface area (Å²) >= 11 is 1.86. The van der Waals surface area contributed by atoms with Crippen molar-refractivity contribution < 1.29 is 14.7 Å². The number of unbranched alkanes of at least 4 members (excludes halogenated alkanes) is 3. The molecule has 0 aromatic rings. The van der Waals surface area contributed by atoms with Crippen LogP contribution in [0.15, 0.2) is 0 Å². The van der Waals surface area contributed by atoms with Gasteiger partial charge in [-0.1, -0.05) is 19.8 Å². The van der Waals surface area contributed by atoms with Gasteiger partial charge in [-0.2, -0.15) is 11.8 Å². The Bertz CT molecular complexity index is 300. The lowest BCUT2D eigenvalue weighted by atomic mass is 9.88. The fraction of sp³-hybridized carbons (Fsp3) is 0.857. The van der Waals surface area contributed by atoms with E-state index in [9.17, 15) is 9.59 Å². The monoisotopic (exact) mass is 304 g/mol. The smallest absolute Gasteiger partial charge is 0.314 e. The molecule has 0 aromatic carbocycles. The van der Waals surface area contributed by atoms with E-state index in [0.29, 0.717) is 13.0 Å². The van der Waals surface area contributed by atoms with Crippen molar-refractivity contribution in [1.29, 1.82) is 0 Å². The van der Waals surface area contributed by atoms with Crippen LogP contribution in [0.4, 0.5) is 4.79 Å². The summed E-state index contributed by atoms with van der Waals surface area (Å²) in [5, 5.41) is 14.5. The highest BCUT2D eigenvalue weighted by Gasteiger charge is 2.31. The van der Waals surface area contributed by atoms with Crippen molar-refractivity contribution in [3.63, 3.8) is 0 Å². The maximum atomic E-state index is 11.5. The number of hydrogen-bond donors (Lipinski definition) is 3. The van der Waals surface area contributed by atoms with E-state index >= 15 is 0 Å². The van der Waals surface area contributed by atoms with E-state index in [-0.39, 0.29) is 12.6 Å². The van der Waals surface area contributed by atoms with Crippen molar-refractivity contribution in [2.75, 3.05) is 25.1 Å². The van der Waals surface area contributed by atoms with Gasteiger partial charge in [-0.25, -0.2) is 4.79 Å². The van der Waals surface area contributed by atoms with Gasteiger partial charge >= 0.3 is 12.0 Å². The summed E-state index contributed by atoms with van der Waals surface area (Å²) in [5.41, 5.74) is -0.894. The van der Waals surface area contributed by atoms with E-state index in [2.05, 4.69) is 16.9 Å². The van der Waals surface area contributed by atoms with Gasteiger partial charge in [-0.15, -0.1) is 0 Å². The Kier molecular flexibility index (Phi) is 10.3. The van der Waals surface area contributed by atoms with E-state index < -0.39 is 11.4 Å². The quantitative estimate of drug-likeness (QED) is 0.513. The molecule has 0 fully saturated rings. The zero-order valence-electron chi connectivity index (χ0n) is 12.8. The van der Waals surface area contributed by atoms with Gasteiger partial charge in [-0.3, -0.25) is 4.79 Å². The molecule has 0 aromatic heterocycles. The first-order chi connectivity index (χ1) is 9.46. The second-order valence-corrected chi connectivity index (χ2v) is 6.22. The largest absolute Gasteiger partial charge is 0.481 e. The molecule has 6 heteroatoms. The molecule has 0 aliphatic carbocycles. The van der Waals surface area contributed by atoms with Gasteiger partial charge < -0.3 is 15.7 Å². The fourth-order valence-electron chi connectivity index (χ4n) is 1.62. The van der Waals surface area contributed by atoms with Crippen LogP contribution in [0.1, 0.15) is 46.0 Å². The fourth-order valence-corrected chi connectivity index (χ4v) is 2.11. The predicted octanol–water partition coefficient (Wildman–Crippen LogP) is 2.71. The lowest BCUT2D eigenvalue weighted by Gasteiger charge is -2.23. The molecule has 0 saturated heterocycles. The third kappa shape index (κ3) is 8.30. The van der Waals surface area contributed by atoms with Crippen molar-refractivity contribution in [2.45, 2.75) is 46.0 Å². The van der Waals surface area contributed by atoms with Crippen molar-refractivity contribution in [3.05, 3.63) is 0 Å².